The lowest BCUT2D eigenvalue weighted by atomic mass is 10.0. The molecule has 0 aliphatic rings. The Morgan fingerprint density at radius 3 is 2.20 bits per heavy atom. The lowest BCUT2D eigenvalue weighted by molar-refractivity contribution is -0.432. The Morgan fingerprint density at radius 1 is 0.850 bits per heavy atom. The van der Waals surface area contributed by atoms with Crippen molar-refractivity contribution in [3.63, 3.8) is 0 Å². The van der Waals surface area contributed by atoms with Crippen LogP contribution in [0.2, 0.25) is 0 Å². The number of carbonyl (C=O) groups excluding carboxylic acids is 3. The number of hydrogen-bond donors (Lipinski definition) is 5. The van der Waals surface area contributed by atoms with E-state index in [1.165, 1.54) is 6.92 Å². The summed E-state index contributed by atoms with van der Waals surface area (Å²) in [6.07, 6.45) is -1.01. The van der Waals surface area contributed by atoms with E-state index < -0.39 is 30.0 Å². The van der Waals surface area contributed by atoms with Gasteiger partial charge in [0, 0.05) is 19.0 Å². The lowest BCUT2D eigenvalue weighted by Gasteiger charge is -2.19. The molecule has 0 heterocycles. The zero-order valence-corrected chi connectivity index (χ0v) is 23.6. The maximum absolute atomic E-state index is 12.5. The molecule has 2 aromatic rings. The van der Waals surface area contributed by atoms with Crippen LogP contribution < -0.4 is 26.4 Å². The molecule has 0 aromatic heterocycles. The minimum Gasteiger partial charge on any atom is -0.489 e. The van der Waals surface area contributed by atoms with Gasteiger partial charge in [0.05, 0.1) is 19.8 Å². The van der Waals surface area contributed by atoms with Crippen molar-refractivity contribution in [3.05, 3.63) is 65.7 Å². The quantitative estimate of drug-likeness (QED) is 0.160. The second-order valence-electron chi connectivity index (χ2n) is 9.74. The maximum Gasteiger partial charge on any atom is 0.255 e. The summed E-state index contributed by atoms with van der Waals surface area (Å²) in [5.41, 5.74) is 5.89. The topological polar surface area (TPSA) is 163 Å². The Balaban J connectivity index is 1.61. The molecule has 0 spiro atoms. The van der Waals surface area contributed by atoms with Gasteiger partial charge in [-0.3, -0.25) is 14.4 Å². The second kappa shape index (κ2) is 18.0. The van der Waals surface area contributed by atoms with Gasteiger partial charge in [-0.2, -0.15) is 0 Å². The molecule has 0 aliphatic carbocycles. The van der Waals surface area contributed by atoms with E-state index in [1.807, 2.05) is 68.4 Å². The van der Waals surface area contributed by atoms with E-state index >= 15 is 0 Å². The molecule has 11 nitrogen and oxygen atoms in total. The summed E-state index contributed by atoms with van der Waals surface area (Å²) in [7, 11) is 0. The molecule has 0 saturated heterocycles. The molecule has 0 radical (unpaired) electrons. The molecular formula is C29H43N4O7+. The van der Waals surface area contributed by atoms with Gasteiger partial charge in [0.2, 0.25) is 11.8 Å². The smallest absolute Gasteiger partial charge is 0.255 e. The first-order chi connectivity index (χ1) is 19.2. The number of benzene rings is 2. The Morgan fingerprint density at radius 2 is 1.52 bits per heavy atom. The van der Waals surface area contributed by atoms with Gasteiger partial charge in [0.1, 0.15) is 31.0 Å². The highest BCUT2D eigenvalue weighted by atomic mass is 16.5. The number of rotatable bonds is 18. The van der Waals surface area contributed by atoms with Crippen LogP contribution in [0.4, 0.5) is 0 Å². The Hall–Kier alpha value is -3.51. The van der Waals surface area contributed by atoms with Crippen molar-refractivity contribution in [2.24, 2.45) is 0 Å². The summed E-state index contributed by atoms with van der Waals surface area (Å²) in [6, 6.07) is 15.9. The summed E-state index contributed by atoms with van der Waals surface area (Å²) >= 11 is 0. The highest BCUT2D eigenvalue weighted by Crippen LogP contribution is 2.15. The predicted octanol–water partition coefficient (Wildman–Crippen LogP) is -0.0418. The van der Waals surface area contributed by atoms with Gasteiger partial charge in [-0.1, -0.05) is 42.5 Å². The number of aliphatic hydroxyl groups excluding tert-OH is 1. The second-order valence-corrected chi connectivity index (χ2v) is 9.74. The number of hydrogen-bond acceptors (Lipinski definition) is 7. The molecular weight excluding hydrogens is 516 g/mol. The Kier molecular flexibility index (Phi) is 14.7. The zero-order chi connectivity index (χ0) is 29.3. The third kappa shape index (κ3) is 13.0. The molecule has 0 fully saturated rings. The normalized spacial score (nSPS) is 13.2. The molecule has 40 heavy (non-hydrogen) atoms. The van der Waals surface area contributed by atoms with Crippen molar-refractivity contribution >= 4 is 17.7 Å². The van der Waals surface area contributed by atoms with Crippen LogP contribution in [-0.4, -0.2) is 80.0 Å². The van der Waals surface area contributed by atoms with Crippen LogP contribution in [0, 0.1) is 0 Å². The molecule has 0 aliphatic heterocycles. The van der Waals surface area contributed by atoms with Gasteiger partial charge in [-0.05, 0) is 44.0 Å². The van der Waals surface area contributed by atoms with Gasteiger partial charge in [-0.15, -0.1) is 0 Å². The van der Waals surface area contributed by atoms with Crippen LogP contribution in [0.25, 0.3) is 0 Å². The fraction of sp³-hybridized carbons (Fsp3) is 0.483. The van der Waals surface area contributed by atoms with E-state index in [1.54, 1.807) is 0 Å². The van der Waals surface area contributed by atoms with E-state index in [-0.39, 0.29) is 44.9 Å². The average Bonchev–Trinajstić information content (AvgIpc) is 2.93. The molecule has 0 unspecified atom stereocenters. The fourth-order valence-electron chi connectivity index (χ4n) is 3.60. The van der Waals surface area contributed by atoms with Gasteiger partial charge >= 0.3 is 0 Å². The summed E-state index contributed by atoms with van der Waals surface area (Å²) in [5.74, 6) is -0.540. The molecule has 7 N–H and O–H groups in total. The highest BCUT2D eigenvalue weighted by Gasteiger charge is 2.28. The number of amides is 3. The van der Waals surface area contributed by atoms with Gasteiger partial charge in [0.15, 0.2) is 6.10 Å². The lowest BCUT2D eigenvalue weighted by Crippen LogP contribution is -2.70. The van der Waals surface area contributed by atoms with Gasteiger partial charge < -0.3 is 41.0 Å². The molecule has 3 atom stereocenters. The Labute approximate surface area is 235 Å². The van der Waals surface area contributed by atoms with Gasteiger partial charge in [-0.25, -0.2) is 0 Å². The first-order valence-corrected chi connectivity index (χ1v) is 13.5. The summed E-state index contributed by atoms with van der Waals surface area (Å²) < 4.78 is 16.4. The van der Waals surface area contributed by atoms with Gasteiger partial charge in [0.25, 0.3) is 5.91 Å². The summed E-state index contributed by atoms with van der Waals surface area (Å²) in [5, 5.41) is 18.3. The van der Waals surface area contributed by atoms with Crippen LogP contribution in [0.15, 0.2) is 54.6 Å². The van der Waals surface area contributed by atoms with Crippen molar-refractivity contribution in [2.75, 3.05) is 33.0 Å². The maximum atomic E-state index is 12.5. The predicted molar refractivity (Wildman–Crippen MR) is 149 cm³/mol. The largest absolute Gasteiger partial charge is 0.489 e. The SMILES string of the molecule is CC(C)NC(=O)COCCOCCNC(=O)[C@H](C)NC(=O)[C@@H](O)[C@H]([NH3+])Cc1ccc(OCc2ccccc2)cc1. The first-order valence-electron chi connectivity index (χ1n) is 13.5. The number of aliphatic hydroxyl groups is 1. The minimum atomic E-state index is -1.38. The third-order valence-electron chi connectivity index (χ3n) is 5.74. The van der Waals surface area contributed by atoms with E-state index in [2.05, 4.69) is 21.7 Å². The minimum absolute atomic E-state index is 0.0358. The van der Waals surface area contributed by atoms with Crippen molar-refractivity contribution in [1.29, 1.82) is 0 Å². The van der Waals surface area contributed by atoms with E-state index in [0.717, 1.165) is 16.9 Å². The molecule has 2 rings (SSSR count). The molecule has 2 aromatic carbocycles. The average molecular weight is 560 g/mol. The van der Waals surface area contributed by atoms with Crippen molar-refractivity contribution in [1.82, 2.24) is 16.0 Å². The first kappa shape index (κ1) is 32.7. The zero-order valence-electron chi connectivity index (χ0n) is 23.6. The van der Waals surface area contributed by atoms with Crippen LogP contribution in [-0.2, 0) is 36.9 Å². The van der Waals surface area contributed by atoms with E-state index in [9.17, 15) is 19.5 Å². The molecule has 11 heteroatoms. The van der Waals surface area contributed by atoms with Crippen molar-refractivity contribution in [3.8, 4) is 5.75 Å². The van der Waals surface area contributed by atoms with Crippen LogP contribution >= 0.6 is 0 Å². The highest BCUT2D eigenvalue weighted by molar-refractivity contribution is 5.89. The number of nitrogens with one attached hydrogen (secondary N) is 3. The van der Waals surface area contributed by atoms with E-state index in [0.29, 0.717) is 13.0 Å². The van der Waals surface area contributed by atoms with Crippen LogP contribution in [0.3, 0.4) is 0 Å². The van der Waals surface area contributed by atoms with E-state index in [4.69, 9.17) is 14.2 Å². The standard InChI is InChI=1S/C29H42N4O7/c1-20(2)32-26(34)19-39-16-15-38-14-13-31-28(36)21(3)33-29(37)27(35)25(30)17-22-9-11-24(12-10-22)40-18-23-7-5-4-6-8-23/h4-12,20-21,25,27,35H,13-19,30H2,1-3H3,(H,31,36)(H,32,34)(H,33,37)/p+1/t21-,25+,27-/m0/s1. The number of quaternary nitrogens is 1. The molecule has 0 bridgehead atoms. The Bertz CT molecular complexity index is 1030. The molecule has 220 valence electrons. The summed E-state index contributed by atoms with van der Waals surface area (Å²) in [4.78, 5) is 36.2. The van der Waals surface area contributed by atoms with Crippen molar-refractivity contribution < 1.29 is 39.4 Å². The third-order valence-corrected chi connectivity index (χ3v) is 5.74. The van der Waals surface area contributed by atoms with Crippen LogP contribution in [0.5, 0.6) is 5.75 Å². The monoisotopic (exact) mass is 559 g/mol. The fourth-order valence-corrected chi connectivity index (χ4v) is 3.60. The van der Waals surface area contributed by atoms with Crippen LogP contribution in [0.1, 0.15) is 31.9 Å². The number of carbonyl (C=O) groups is 3. The molecule has 0 saturated carbocycles. The van der Waals surface area contributed by atoms with Crippen molar-refractivity contribution in [2.45, 2.75) is 58.0 Å². The number of ether oxygens (including phenoxy) is 3. The summed E-state index contributed by atoms with van der Waals surface area (Å²) in [6.45, 7) is 6.70. The molecule has 3 amide bonds.